The van der Waals surface area contributed by atoms with Crippen LogP contribution in [0, 0.1) is 0 Å². The van der Waals surface area contributed by atoms with Gasteiger partial charge in [-0.15, -0.1) is 0 Å². The summed E-state index contributed by atoms with van der Waals surface area (Å²) in [5.74, 6) is -0.385. The Morgan fingerprint density at radius 3 is 2.85 bits per heavy atom. The van der Waals surface area contributed by atoms with Crippen LogP contribution in [0.1, 0.15) is 17.0 Å². The summed E-state index contributed by atoms with van der Waals surface area (Å²) >= 11 is 1.39. The normalized spacial score (nSPS) is 10.2. The third kappa shape index (κ3) is 3.12. The van der Waals surface area contributed by atoms with Crippen LogP contribution >= 0.6 is 11.8 Å². The first-order valence-corrected chi connectivity index (χ1v) is 4.79. The average Bonchev–Trinajstić information content (AvgIpc) is 2.53. The third-order valence-electron chi connectivity index (χ3n) is 1.34. The standard InChI is InChI=1S/C8H10O4S/c9-4-1-5-13-7-3-2-6(12-7)8(10)11/h2-3,9H,1,4-5H2,(H,10,11). The number of rotatable bonds is 5. The van der Waals surface area contributed by atoms with E-state index in [0.29, 0.717) is 11.5 Å². The van der Waals surface area contributed by atoms with E-state index in [-0.39, 0.29) is 12.4 Å². The first-order chi connectivity index (χ1) is 6.24. The van der Waals surface area contributed by atoms with Gasteiger partial charge < -0.3 is 14.6 Å². The van der Waals surface area contributed by atoms with Crippen molar-refractivity contribution in [1.29, 1.82) is 0 Å². The molecule has 0 amide bonds. The lowest BCUT2D eigenvalue weighted by molar-refractivity contribution is 0.0656. The van der Waals surface area contributed by atoms with Gasteiger partial charge in [-0.3, -0.25) is 0 Å². The van der Waals surface area contributed by atoms with Crippen molar-refractivity contribution in [2.24, 2.45) is 0 Å². The van der Waals surface area contributed by atoms with Crippen molar-refractivity contribution in [2.75, 3.05) is 12.4 Å². The fourth-order valence-electron chi connectivity index (χ4n) is 0.750. The van der Waals surface area contributed by atoms with Crippen molar-refractivity contribution in [3.05, 3.63) is 17.9 Å². The maximum Gasteiger partial charge on any atom is 0.371 e. The Hall–Kier alpha value is -0.940. The predicted octanol–water partition coefficient (Wildman–Crippen LogP) is 1.45. The molecule has 2 N–H and O–H groups in total. The van der Waals surface area contributed by atoms with Crippen LogP contribution in [0.15, 0.2) is 21.6 Å². The van der Waals surface area contributed by atoms with Crippen LogP contribution in [0.2, 0.25) is 0 Å². The molecule has 5 heteroatoms. The number of aliphatic hydroxyl groups excluding tert-OH is 1. The summed E-state index contributed by atoms with van der Waals surface area (Å²) in [5.41, 5.74) is 0. The van der Waals surface area contributed by atoms with E-state index in [4.69, 9.17) is 14.6 Å². The van der Waals surface area contributed by atoms with Gasteiger partial charge in [-0.05, 0) is 18.6 Å². The van der Waals surface area contributed by atoms with Crippen molar-refractivity contribution < 1.29 is 19.4 Å². The molecule has 0 aliphatic heterocycles. The highest BCUT2D eigenvalue weighted by atomic mass is 32.2. The Morgan fingerprint density at radius 2 is 2.31 bits per heavy atom. The number of carbonyl (C=O) groups is 1. The van der Waals surface area contributed by atoms with Gasteiger partial charge in [0.2, 0.25) is 5.76 Å². The van der Waals surface area contributed by atoms with Crippen molar-refractivity contribution in [2.45, 2.75) is 11.5 Å². The zero-order valence-electron chi connectivity index (χ0n) is 6.90. The first kappa shape index (κ1) is 10.1. The zero-order chi connectivity index (χ0) is 9.68. The largest absolute Gasteiger partial charge is 0.475 e. The summed E-state index contributed by atoms with van der Waals surface area (Å²) < 4.78 is 4.97. The molecule has 0 bridgehead atoms. The highest BCUT2D eigenvalue weighted by Gasteiger charge is 2.08. The van der Waals surface area contributed by atoms with Gasteiger partial charge in [-0.1, -0.05) is 11.8 Å². The fourth-order valence-corrected chi connectivity index (χ4v) is 1.54. The van der Waals surface area contributed by atoms with Crippen LogP contribution in [0.3, 0.4) is 0 Å². The van der Waals surface area contributed by atoms with Crippen molar-refractivity contribution in [1.82, 2.24) is 0 Å². The lowest BCUT2D eigenvalue weighted by Gasteiger charge is -1.93. The molecule has 1 heterocycles. The lowest BCUT2D eigenvalue weighted by Crippen LogP contribution is -1.91. The van der Waals surface area contributed by atoms with Crippen LogP contribution in [-0.2, 0) is 0 Å². The summed E-state index contributed by atoms with van der Waals surface area (Å²) in [6.45, 7) is 0.138. The van der Waals surface area contributed by atoms with Gasteiger partial charge in [0.15, 0.2) is 5.09 Å². The summed E-state index contributed by atoms with van der Waals surface area (Å²) in [5, 5.41) is 17.6. The minimum atomic E-state index is -1.06. The second-order valence-electron chi connectivity index (χ2n) is 2.35. The fraction of sp³-hybridized carbons (Fsp3) is 0.375. The summed E-state index contributed by atoms with van der Waals surface area (Å²) in [7, 11) is 0. The molecule has 0 fully saturated rings. The van der Waals surface area contributed by atoms with Crippen molar-refractivity contribution in [3.8, 4) is 0 Å². The molecule has 1 rings (SSSR count). The molecule has 72 valence electrons. The number of thioether (sulfide) groups is 1. The molecule has 4 nitrogen and oxygen atoms in total. The minimum absolute atomic E-state index is 0.0495. The molecule has 0 saturated heterocycles. The number of hydrogen-bond acceptors (Lipinski definition) is 4. The van der Waals surface area contributed by atoms with Gasteiger partial charge in [0, 0.05) is 12.4 Å². The SMILES string of the molecule is O=C(O)c1ccc(SCCCO)o1. The number of furan rings is 1. The van der Waals surface area contributed by atoms with E-state index >= 15 is 0 Å². The highest BCUT2D eigenvalue weighted by molar-refractivity contribution is 7.99. The molecular weight excluding hydrogens is 192 g/mol. The molecule has 0 atom stereocenters. The van der Waals surface area contributed by atoms with Gasteiger partial charge in [-0.2, -0.15) is 0 Å². The summed E-state index contributed by atoms with van der Waals surface area (Å²) in [6, 6.07) is 3.04. The van der Waals surface area contributed by atoms with Crippen LogP contribution in [-0.4, -0.2) is 28.5 Å². The molecule has 0 aromatic carbocycles. The Morgan fingerprint density at radius 1 is 1.54 bits per heavy atom. The smallest absolute Gasteiger partial charge is 0.371 e. The van der Waals surface area contributed by atoms with Gasteiger partial charge in [0.1, 0.15) is 0 Å². The van der Waals surface area contributed by atoms with E-state index in [1.54, 1.807) is 6.07 Å². The molecule has 13 heavy (non-hydrogen) atoms. The number of hydrogen-bond donors (Lipinski definition) is 2. The Bertz CT molecular complexity index is 281. The number of aromatic carboxylic acids is 1. The van der Waals surface area contributed by atoms with E-state index in [9.17, 15) is 4.79 Å². The molecule has 0 saturated carbocycles. The molecular formula is C8H10O4S. The Labute approximate surface area is 79.6 Å². The molecule has 0 radical (unpaired) electrons. The number of aliphatic hydroxyl groups is 1. The molecule has 1 aromatic heterocycles. The second-order valence-corrected chi connectivity index (χ2v) is 3.45. The molecule has 0 spiro atoms. The molecule has 1 aromatic rings. The van der Waals surface area contributed by atoms with Gasteiger partial charge in [0.25, 0.3) is 0 Å². The van der Waals surface area contributed by atoms with E-state index < -0.39 is 5.97 Å². The van der Waals surface area contributed by atoms with Gasteiger partial charge in [0.05, 0.1) is 0 Å². The quantitative estimate of drug-likeness (QED) is 0.558. The molecule has 0 aliphatic carbocycles. The van der Waals surface area contributed by atoms with Crippen LogP contribution in [0.5, 0.6) is 0 Å². The Balaban J connectivity index is 2.44. The topological polar surface area (TPSA) is 70.7 Å². The summed E-state index contributed by atoms with van der Waals surface area (Å²) in [4.78, 5) is 10.4. The highest BCUT2D eigenvalue weighted by Crippen LogP contribution is 2.21. The summed E-state index contributed by atoms with van der Waals surface area (Å²) in [6.07, 6.45) is 0.674. The first-order valence-electron chi connectivity index (χ1n) is 3.81. The predicted molar refractivity (Wildman–Crippen MR) is 48.1 cm³/mol. The number of carboxylic acids is 1. The Kier molecular flexibility index (Phi) is 3.85. The monoisotopic (exact) mass is 202 g/mol. The van der Waals surface area contributed by atoms with Crippen LogP contribution in [0.4, 0.5) is 0 Å². The maximum absolute atomic E-state index is 10.4. The lowest BCUT2D eigenvalue weighted by atomic mass is 10.5. The van der Waals surface area contributed by atoms with Gasteiger partial charge in [-0.25, -0.2) is 4.79 Å². The van der Waals surface area contributed by atoms with E-state index in [1.807, 2.05) is 0 Å². The maximum atomic E-state index is 10.4. The van der Waals surface area contributed by atoms with E-state index in [0.717, 1.165) is 5.75 Å². The van der Waals surface area contributed by atoms with Crippen LogP contribution in [0.25, 0.3) is 0 Å². The van der Waals surface area contributed by atoms with Gasteiger partial charge >= 0.3 is 5.97 Å². The van der Waals surface area contributed by atoms with E-state index in [1.165, 1.54) is 17.8 Å². The zero-order valence-corrected chi connectivity index (χ0v) is 7.71. The second kappa shape index (κ2) is 4.94. The van der Waals surface area contributed by atoms with Crippen molar-refractivity contribution >= 4 is 17.7 Å². The molecule has 0 unspecified atom stereocenters. The van der Waals surface area contributed by atoms with Crippen LogP contribution < -0.4 is 0 Å². The third-order valence-corrected chi connectivity index (χ3v) is 2.34. The average molecular weight is 202 g/mol. The minimum Gasteiger partial charge on any atom is -0.475 e. The van der Waals surface area contributed by atoms with E-state index in [2.05, 4.69) is 0 Å². The van der Waals surface area contributed by atoms with Crippen molar-refractivity contribution in [3.63, 3.8) is 0 Å². The molecule has 0 aliphatic rings. The number of carboxylic acid groups (broad SMARTS) is 1.